The number of nitrogens with zero attached hydrogens (tertiary/aromatic N) is 2. The summed E-state index contributed by atoms with van der Waals surface area (Å²) in [4.78, 5) is 4.29. The lowest BCUT2D eigenvalue weighted by atomic mass is 9.58. The quantitative estimate of drug-likeness (QED) is 0.197. The molecule has 2 aromatic rings. The van der Waals surface area contributed by atoms with Gasteiger partial charge in [0.15, 0.2) is 14.0 Å². The molecule has 1 saturated heterocycles. The fourth-order valence-electron chi connectivity index (χ4n) is 7.56. The number of pyridine rings is 2. The first kappa shape index (κ1) is 31.0. The van der Waals surface area contributed by atoms with Gasteiger partial charge in [-0.3, -0.25) is 4.98 Å². The number of aromatic nitrogens is 2. The molecular formula is C33H45F3N2O4Si. The van der Waals surface area contributed by atoms with E-state index in [1.54, 1.807) is 0 Å². The molecule has 43 heavy (non-hydrogen) atoms. The second-order valence-electron chi connectivity index (χ2n) is 15.2. The summed E-state index contributed by atoms with van der Waals surface area (Å²) in [6, 6.07) is 2.46. The minimum Gasteiger partial charge on any atom is -0.618 e. The third kappa shape index (κ3) is 5.04. The summed E-state index contributed by atoms with van der Waals surface area (Å²) in [5.74, 6) is -0.133. The zero-order valence-electron chi connectivity index (χ0n) is 26.5. The van der Waals surface area contributed by atoms with Gasteiger partial charge in [0, 0.05) is 50.2 Å². The monoisotopic (exact) mass is 618 g/mol. The first-order valence-corrected chi connectivity index (χ1v) is 18.7. The first-order chi connectivity index (χ1) is 20.0. The Morgan fingerprint density at radius 3 is 2.26 bits per heavy atom. The molecule has 4 aliphatic rings. The molecule has 2 fully saturated rings. The second-order valence-corrected chi connectivity index (χ2v) is 19.9. The molecule has 2 aromatic heterocycles. The molecule has 2 aliphatic carbocycles. The van der Waals surface area contributed by atoms with Crippen molar-refractivity contribution < 1.29 is 31.8 Å². The molecule has 1 saturated carbocycles. The fraction of sp³-hybridized carbons (Fsp3) is 0.697. The Kier molecular flexibility index (Phi) is 7.39. The lowest BCUT2D eigenvalue weighted by Crippen LogP contribution is -2.51. The number of alkyl halides is 3. The molecule has 0 amide bonds. The van der Waals surface area contributed by atoms with E-state index in [2.05, 4.69) is 38.8 Å². The highest BCUT2D eigenvalue weighted by molar-refractivity contribution is 6.74. The van der Waals surface area contributed by atoms with Crippen molar-refractivity contribution in [1.29, 1.82) is 0 Å². The summed E-state index contributed by atoms with van der Waals surface area (Å²) in [6.07, 6.45) is 1.50. The van der Waals surface area contributed by atoms with Crippen LogP contribution in [0.1, 0.15) is 131 Å². The second kappa shape index (κ2) is 10.3. The molecule has 1 unspecified atom stereocenters. The fourth-order valence-corrected chi connectivity index (χ4v) is 8.83. The van der Waals surface area contributed by atoms with Crippen molar-refractivity contribution in [3.8, 4) is 0 Å². The van der Waals surface area contributed by atoms with E-state index in [0.717, 1.165) is 65.1 Å². The van der Waals surface area contributed by atoms with Crippen LogP contribution in [-0.2, 0) is 32.1 Å². The summed E-state index contributed by atoms with van der Waals surface area (Å²) >= 11 is 0. The summed E-state index contributed by atoms with van der Waals surface area (Å²) in [7, 11) is -2.26. The lowest BCUT2D eigenvalue weighted by molar-refractivity contribution is -0.626. The maximum absolute atomic E-state index is 14.6. The van der Waals surface area contributed by atoms with E-state index in [9.17, 15) is 18.4 Å². The van der Waals surface area contributed by atoms with Crippen LogP contribution in [0, 0.1) is 10.6 Å². The van der Waals surface area contributed by atoms with Gasteiger partial charge in [-0.25, -0.2) is 0 Å². The van der Waals surface area contributed by atoms with Gasteiger partial charge in [-0.2, -0.15) is 17.9 Å². The molecule has 6 rings (SSSR count). The van der Waals surface area contributed by atoms with Crippen LogP contribution in [0.25, 0.3) is 0 Å². The molecule has 2 spiro atoms. The standard InChI is InChI=1S/C33H45F3N2O4Si/c1-20(2)28-26-27(32(13-15-40-16-14-32)41-29(26)22-10-9-21(19-37-22)33(34,35)36)25-23(38(28)39)17-31(11-8-12-31)18-24(25)42-43(6,7)30(3,4)5/h9-10,19-20,24,29H,8,11-18H2,1-7H3/t24?,29-/m1/s1. The molecule has 0 N–H and O–H groups in total. The van der Waals surface area contributed by atoms with Crippen molar-refractivity contribution in [2.24, 2.45) is 5.41 Å². The van der Waals surface area contributed by atoms with Crippen molar-refractivity contribution in [2.75, 3.05) is 13.2 Å². The van der Waals surface area contributed by atoms with Gasteiger partial charge < -0.3 is 19.1 Å². The molecule has 0 aromatic carbocycles. The van der Waals surface area contributed by atoms with Gasteiger partial charge in [0.05, 0.1) is 28.5 Å². The summed E-state index contributed by atoms with van der Waals surface area (Å²) in [6.45, 7) is 16.2. The van der Waals surface area contributed by atoms with Crippen LogP contribution in [0.2, 0.25) is 18.1 Å². The van der Waals surface area contributed by atoms with Crippen LogP contribution in [0.3, 0.4) is 0 Å². The largest absolute Gasteiger partial charge is 0.618 e. The zero-order chi connectivity index (χ0) is 31.2. The topological polar surface area (TPSA) is 67.5 Å². The predicted molar refractivity (Wildman–Crippen MR) is 159 cm³/mol. The van der Waals surface area contributed by atoms with E-state index in [1.807, 2.05) is 13.8 Å². The Labute approximate surface area is 254 Å². The van der Waals surface area contributed by atoms with Gasteiger partial charge >= 0.3 is 6.18 Å². The molecule has 4 heterocycles. The summed E-state index contributed by atoms with van der Waals surface area (Å²) in [5, 5.41) is 14.6. The van der Waals surface area contributed by atoms with Crippen molar-refractivity contribution in [2.45, 2.75) is 128 Å². The number of hydrogen-bond donors (Lipinski definition) is 0. The number of halogens is 3. The molecule has 10 heteroatoms. The van der Waals surface area contributed by atoms with Crippen molar-refractivity contribution in [1.82, 2.24) is 4.98 Å². The Bertz CT molecular complexity index is 1390. The van der Waals surface area contributed by atoms with E-state index in [-0.39, 0.29) is 22.5 Å². The van der Waals surface area contributed by atoms with E-state index in [1.165, 1.54) is 6.07 Å². The van der Waals surface area contributed by atoms with Gasteiger partial charge in [-0.1, -0.05) is 41.0 Å². The average Bonchev–Trinajstić information content (AvgIpc) is 3.20. The summed E-state index contributed by atoms with van der Waals surface area (Å²) < 4.78 is 61.6. The molecule has 236 valence electrons. The number of ether oxygens (including phenoxy) is 2. The van der Waals surface area contributed by atoms with Gasteiger partial charge in [0.25, 0.3) is 0 Å². The van der Waals surface area contributed by atoms with Gasteiger partial charge in [-0.15, -0.1) is 0 Å². The van der Waals surface area contributed by atoms with Crippen LogP contribution in [0.4, 0.5) is 13.2 Å². The predicted octanol–water partition coefficient (Wildman–Crippen LogP) is 8.16. The van der Waals surface area contributed by atoms with E-state index in [4.69, 9.17) is 13.9 Å². The van der Waals surface area contributed by atoms with E-state index < -0.39 is 31.8 Å². The Balaban J connectivity index is 1.61. The third-order valence-electron chi connectivity index (χ3n) is 11.0. The van der Waals surface area contributed by atoms with E-state index >= 15 is 0 Å². The maximum atomic E-state index is 14.6. The minimum absolute atomic E-state index is 0.0224. The minimum atomic E-state index is -4.49. The smallest absolute Gasteiger partial charge is 0.417 e. The molecule has 0 radical (unpaired) electrons. The molecule has 2 atom stereocenters. The van der Waals surface area contributed by atoms with Crippen LogP contribution in [-0.4, -0.2) is 26.5 Å². The molecule has 2 aliphatic heterocycles. The first-order valence-electron chi connectivity index (χ1n) is 15.8. The molecule has 0 bridgehead atoms. The zero-order valence-corrected chi connectivity index (χ0v) is 27.5. The van der Waals surface area contributed by atoms with Gasteiger partial charge in [0.1, 0.15) is 11.7 Å². The number of hydrogen-bond acceptors (Lipinski definition) is 5. The maximum Gasteiger partial charge on any atom is 0.417 e. The third-order valence-corrected chi connectivity index (χ3v) is 15.5. The van der Waals surface area contributed by atoms with Crippen LogP contribution in [0.15, 0.2) is 18.3 Å². The Morgan fingerprint density at radius 2 is 1.74 bits per heavy atom. The summed E-state index contributed by atoms with van der Waals surface area (Å²) in [5.41, 5.74) is 3.09. The van der Waals surface area contributed by atoms with Crippen molar-refractivity contribution in [3.63, 3.8) is 0 Å². The molecular weight excluding hydrogens is 573 g/mol. The van der Waals surface area contributed by atoms with Crippen molar-refractivity contribution >= 4 is 8.32 Å². The van der Waals surface area contributed by atoms with Gasteiger partial charge in [0.2, 0.25) is 5.69 Å². The number of rotatable bonds is 4. The SMILES string of the molecule is CC(C)c1c2c(c3c([n+]1[O-])CC1(CCC1)CC3O[Si](C)(C)C(C)(C)C)C1(CCOCC1)O[C@@H]2c1ccc(C(F)(F)F)cn1. The highest BCUT2D eigenvalue weighted by atomic mass is 28.4. The van der Waals surface area contributed by atoms with Crippen LogP contribution < -0.4 is 4.73 Å². The average molecular weight is 619 g/mol. The van der Waals surface area contributed by atoms with E-state index in [0.29, 0.717) is 43.9 Å². The Morgan fingerprint density at radius 1 is 1.07 bits per heavy atom. The number of fused-ring (bicyclic) bond motifs is 4. The normalized spacial score (nSPS) is 24.7. The molecule has 6 nitrogen and oxygen atoms in total. The highest BCUT2D eigenvalue weighted by Gasteiger charge is 2.58. The Hall–Kier alpha value is -2.01. The highest BCUT2D eigenvalue weighted by Crippen LogP contribution is 2.61. The van der Waals surface area contributed by atoms with Crippen LogP contribution >= 0.6 is 0 Å². The van der Waals surface area contributed by atoms with Gasteiger partial charge in [-0.05, 0) is 54.9 Å². The van der Waals surface area contributed by atoms with Crippen molar-refractivity contribution in [3.05, 3.63) is 62.9 Å². The van der Waals surface area contributed by atoms with Crippen LogP contribution in [0.5, 0.6) is 0 Å². The lowest BCUT2D eigenvalue weighted by Gasteiger charge is -2.50.